The minimum atomic E-state index is -4.44. The molecule has 2 aromatic carbocycles. The number of benzene rings is 2. The third kappa shape index (κ3) is 24.2. The summed E-state index contributed by atoms with van der Waals surface area (Å²) < 4.78 is 39.5. The van der Waals surface area contributed by atoms with Gasteiger partial charge in [-0.05, 0) is 54.7 Å². The minimum Gasteiger partial charge on any atom is -0.497 e. The Morgan fingerprint density at radius 2 is 1.28 bits per heavy atom. The lowest BCUT2D eigenvalue weighted by atomic mass is 9.97. The second kappa shape index (κ2) is 29.2. The summed E-state index contributed by atoms with van der Waals surface area (Å²) in [6.07, 6.45) is 18.6. The van der Waals surface area contributed by atoms with Gasteiger partial charge < -0.3 is 28.9 Å². The first kappa shape index (κ1) is 51.1. The van der Waals surface area contributed by atoms with Crippen molar-refractivity contribution in [1.82, 2.24) is 5.32 Å². The zero-order valence-electron chi connectivity index (χ0n) is 36.6. The fourth-order valence-corrected chi connectivity index (χ4v) is 7.19. The number of amides is 1. The summed E-state index contributed by atoms with van der Waals surface area (Å²) in [5.74, 6) is -0.696. The molecular weight excluding hydrogens is 759 g/mol. The highest BCUT2D eigenvalue weighted by Crippen LogP contribution is 2.43. The Morgan fingerprint density at radius 1 is 0.724 bits per heavy atom. The molecule has 0 saturated heterocycles. The van der Waals surface area contributed by atoms with Gasteiger partial charge in [-0.15, -0.1) is 0 Å². The van der Waals surface area contributed by atoms with E-state index in [2.05, 4.69) is 12.2 Å². The van der Waals surface area contributed by atoms with E-state index in [-0.39, 0.29) is 37.9 Å². The number of hydrogen-bond donors (Lipinski definition) is 2. The number of ether oxygens (including phenoxy) is 3. The SMILES string of the molecule is CCCCCCCCCCCCCCCCCC(=O)OCC(COP(=O)(O)OCC[N+](C)(C)C)OC(=O)CCCCNC(=O)C(C)c1ccc2cc(OC)ccc2c1. The van der Waals surface area contributed by atoms with Crippen LogP contribution in [0.25, 0.3) is 10.8 Å². The molecule has 2 N–H and O–H groups in total. The van der Waals surface area contributed by atoms with Gasteiger partial charge in [0, 0.05) is 19.4 Å². The number of methoxy groups -OCH3 is 1. The maximum atomic E-state index is 12.9. The molecular formula is C45H76N2O10P+. The van der Waals surface area contributed by atoms with Gasteiger partial charge in [0.25, 0.3) is 0 Å². The molecule has 58 heavy (non-hydrogen) atoms. The molecule has 0 radical (unpaired) electrons. The lowest BCUT2D eigenvalue weighted by Gasteiger charge is -2.24. The third-order valence-corrected chi connectivity index (χ3v) is 11.2. The molecule has 0 heterocycles. The zero-order valence-corrected chi connectivity index (χ0v) is 37.5. The van der Waals surface area contributed by atoms with Crippen LogP contribution in [0.5, 0.6) is 5.75 Å². The number of quaternary nitrogens is 1. The van der Waals surface area contributed by atoms with Crippen molar-refractivity contribution >= 4 is 36.4 Å². The van der Waals surface area contributed by atoms with Crippen molar-refractivity contribution in [2.45, 2.75) is 148 Å². The van der Waals surface area contributed by atoms with E-state index in [1.165, 1.54) is 70.6 Å². The Morgan fingerprint density at radius 3 is 1.88 bits per heavy atom. The summed E-state index contributed by atoms with van der Waals surface area (Å²) in [5.41, 5.74) is 0.897. The molecule has 0 aromatic heterocycles. The number of likely N-dealkylation sites (N-methyl/N-ethyl adjacent to an activating group) is 1. The highest BCUT2D eigenvalue weighted by molar-refractivity contribution is 7.47. The number of unbranched alkanes of at least 4 members (excludes halogenated alkanes) is 15. The van der Waals surface area contributed by atoms with Crippen LogP contribution in [0.15, 0.2) is 36.4 Å². The van der Waals surface area contributed by atoms with Crippen LogP contribution in [-0.2, 0) is 37.5 Å². The smallest absolute Gasteiger partial charge is 0.472 e. The van der Waals surface area contributed by atoms with Crippen LogP contribution in [-0.4, -0.2) is 94.5 Å². The second-order valence-electron chi connectivity index (χ2n) is 16.5. The third-order valence-electron chi connectivity index (χ3n) is 10.2. The first-order valence-electron chi connectivity index (χ1n) is 21.9. The van der Waals surface area contributed by atoms with Gasteiger partial charge in [0.15, 0.2) is 6.10 Å². The van der Waals surface area contributed by atoms with Gasteiger partial charge in [-0.1, -0.05) is 121 Å². The Labute approximate surface area is 349 Å². The van der Waals surface area contributed by atoms with Gasteiger partial charge in [0.05, 0.1) is 40.8 Å². The molecule has 0 aliphatic heterocycles. The van der Waals surface area contributed by atoms with E-state index in [1.54, 1.807) is 7.11 Å². The summed E-state index contributed by atoms with van der Waals surface area (Å²) in [5, 5.41) is 4.99. The van der Waals surface area contributed by atoms with Crippen molar-refractivity contribution in [2.75, 3.05) is 61.2 Å². The minimum absolute atomic E-state index is 0.0107. The summed E-state index contributed by atoms with van der Waals surface area (Å²) in [6.45, 7) is 4.16. The maximum Gasteiger partial charge on any atom is 0.472 e. The van der Waals surface area contributed by atoms with Crippen LogP contribution in [0, 0.1) is 0 Å². The fourth-order valence-electron chi connectivity index (χ4n) is 6.45. The molecule has 3 atom stereocenters. The molecule has 1 amide bonds. The van der Waals surface area contributed by atoms with Crippen LogP contribution in [0.4, 0.5) is 0 Å². The second-order valence-corrected chi connectivity index (χ2v) is 18.0. The molecule has 0 spiro atoms. The summed E-state index contributed by atoms with van der Waals surface area (Å²) >= 11 is 0. The van der Waals surface area contributed by atoms with Crippen LogP contribution in [0.3, 0.4) is 0 Å². The average Bonchev–Trinajstić information content (AvgIpc) is 3.18. The number of phosphoric acid groups is 1. The predicted octanol–water partition coefficient (Wildman–Crippen LogP) is 9.79. The Balaban J connectivity index is 1.71. The molecule has 330 valence electrons. The van der Waals surface area contributed by atoms with Gasteiger partial charge in [-0.25, -0.2) is 4.57 Å². The largest absolute Gasteiger partial charge is 0.497 e. The number of fused-ring (bicyclic) bond motifs is 1. The lowest BCUT2D eigenvalue weighted by molar-refractivity contribution is -0.870. The van der Waals surface area contributed by atoms with Gasteiger partial charge in [0.1, 0.15) is 25.5 Å². The number of nitrogens with zero attached hydrogens (tertiary/aromatic N) is 1. The number of carbonyl (C=O) groups is 3. The number of carbonyl (C=O) groups excluding carboxylic acids is 3. The first-order chi connectivity index (χ1) is 27.7. The van der Waals surface area contributed by atoms with E-state index in [9.17, 15) is 23.8 Å². The van der Waals surface area contributed by atoms with Gasteiger partial charge in [-0.3, -0.25) is 23.4 Å². The number of hydrogen-bond acceptors (Lipinski definition) is 9. The highest BCUT2D eigenvalue weighted by Gasteiger charge is 2.27. The molecule has 0 aliphatic carbocycles. The topological polar surface area (TPSA) is 147 Å². The van der Waals surface area contributed by atoms with Gasteiger partial charge in [0.2, 0.25) is 5.91 Å². The number of esters is 2. The van der Waals surface area contributed by atoms with Crippen LogP contribution >= 0.6 is 7.82 Å². The van der Waals surface area contributed by atoms with Crippen molar-refractivity contribution in [2.24, 2.45) is 0 Å². The quantitative estimate of drug-likeness (QED) is 0.0302. The summed E-state index contributed by atoms with van der Waals surface area (Å²) in [7, 11) is 2.96. The molecule has 0 aliphatic rings. The molecule has 0 fully saturated rings. The molecule has 0 bridgehead atoms. The van der Waals surface area contributed by atoms with Crippen molar-refractivity contribution in [3.8, 4) is 5.75 Å². The molecule has 12 nitrogen and oxygen atoms in total. The normalized spacial score (nSPS) is 13.8. The van der Waals surface area contributed by atoms with Crippen LogP contribution in [0.1, 0.15) is 147 Å². The van der Waals surface area contributed by atoms with E-state index >= 15 is 0 Å². The van der Waals surface area contributed by atoms with E-state index in [0.29, 0.717) is 36.8 Å². The molecule has 13 heteroatoms. The number of phosphoric ester groups is 1. The molecule has 3 unspecified atom stereocenters. The number of nitrogens with one attached hydrogen (secondary N) is 1. The lowest BCUT2D eigenvalue weighted by Crippen LogP contribution is -2.37. The van der Waals surface area contributed by atoms with Crippen molar-refractivity contribution in [1.29, 1.82) is 0 Å². The predicted molar refractivity (Wildman–Crippen MR) is 231 cm³/mol. The number of rotatable bonds is 34. The Hall–Kier alpha value is -3.02. The fraction of sp³-hybridized carbons (Fsp3) is 0.711. The Kier molecular flexibility index (Phi) is 25.8. The van der Waals surface area contributed by atoms with Crippen molar-refractivity contribution < 1.29 is 51.6 Å². The van der Waals surface area contributed by atoms with E-state index < -0.39 is 32.5 Å². The average molecular weight is 836 g/mol. The molecule has 2 rings (SSSR count). The molecule has 0 saturated carbocycles. The van der Waals surface area contributed by atoms with Gasteiger partial charge >= 0.3 is 19.8 Å². The molecule has 2 aromatic rings. The van der Waals surface area contributed by atoms with Crippen molar-refractivity contribution in [3.05, 3.63) is 42.0 Å². The highest BCUT2D eigenvalue weighted by atomic mass is 31.2. The monoisotopic (exact) mass is 836 g/mol. The van der Waals surface area contributed by atoms with E-state index in [4.69, 9.17) is 23.3 Å². The van der Waals surface area contributed by atoms with Crippen molar-refractivity contribution in [3.63, 3.8) is 0 Å². The summed E-state index contributed by atoms with van der Waals surface area (Å²) in [6, 6.07) is 11.7. The van der Waals surface area contributed by atoms with E-state index in [0.717, 1.165) is 41.3 Å². The van der Waals surface area contributed by atoms with Crippen LogP contribution < -0.4 is 10.1 Å². The zero-order chi connectivity index (χ0) is 42.7. The van der Waals surface area contributed by atoms with Crippen LogP contribution in [0.2, 0.25) is 0 Å². The maximum absolute atomic E-state index is 12.9. The standard InChI is InChI=1S/C45H75N2O10P/c1-7-8-9-10-11-12-13-14-15-16-17-18-19-20-21-24-43(48)54-35-42(36-56-58(51,52)55-32-31-47(3,4)5)57-44(49)25-22-23-30-46-45(50)37(2)38-26-27-40-34-41(53-6)29-28-39(40)33-38/h26-29,33-34,37,42H,7-25,30-32,35-36H2,1-6H3,(H-,46,50,51,52)/p+1. The Bertz CT molecular complexity index is 1510. The first-order valence-corrected chi connectivity index (χ1v) is 23.4. The van der Waals surface area contributed by atoms with Gasteiger partial charge in [-0.2, -0.15) is 0 Å². The summed E-state index contributed by atoms with van der Waals surface area (Å²) in [4.78, 5) is 48.4. The van der Waals surface area contributed by atoms with E-state index in [1.807, 2.05) is 64.5 Å².